The number of rotatable bonds is 4. The van der Waals surface area contributed by atoms with Crippen LogP contribution in [0.5, 0.6) is 0 Å². The van der Waals surface area contributed by atoms with Crippen LogP contribution in [0.3, 0.4) is 0 Å². The van der Waals surface area contributed by atoms with E-state index in [9.17, 15) is 0 Å². The molecule has 0 aromatic heterocycles. The first-order valence-electron chi connectivity index (χ1n) is 3.21. The zero-order chi connectivity index (χ0) is 6.41. The standard InChI is InChI=1S/C6H15N2/c1-2-3-6(8)4-5-7/h6-7H,2-5,8H2,1H3. The summed E-state index contributed by atoms with van der Waals surface area (Å²) in [5, 5.41) is 0. The van der Waals surface area contributed by atoms with Gasteiger partial charge in [0.25, 0.3) is 0 Å². The van der Waals surface area contributed by atoms with Gasteiger partial charge in [0.2, 0.25) is 0 Å². The van der Waals surface area contributed by atoms with E-state index in [1.54, 1.807) is 0 Å². The van der Waals surface area contributed by atoms with E-state index in [0.29, 0.717) is 6.54 Å². The lowest BCUT2D eigenvalue weighted by Crippen LogP contribution is -2.20. The molecule has 0 fully saturated rings. The van der Waals surface area contributed by atoms with Crippen molar-refractivity contribution in [2.45, 2.75) is 32.2 Å². The summed E-state index contributed by atoms with van der Waals surface area (Å²) in [6, 6.07) is 0.275. The Hall–Kier alpha value is -0.0800. The second-order valence-corrected chi connectivity index (χ2v) is 2.09. The van der Waals surface area contributed by atoms with E-state index in [1.165, 1.54) is 0 Å². The minimum Gasteiger partial charge on any atom is -0.328 e. The highest BCUT2D eigenvalue weighted by Gasteiger charge is 1.96. The van der Waals surface area contributed by atoms with E-state index < -0.39 is 0 Å². The van der Waals surface area contributed by atoms with Gasteiger partial charge >= 0.3 is 0 Å². The molecule has 0 heterocycles. The number of hydrogen-bond acceptors (Lipinski definition) is 1. The summed E-state index contributed by atoms with van der Waals surface area (Å²) < 4.78 is 0. The Morgan fingerprint density at radius 1 is 1.50 bits per heavy atom. The zero-order valence-corrected chi connectivity index (χ0v) is 5.48. The molecule has 0 amide bonds. The average Bonchev–Trinajstić information content (AvgIpc) is 1.68. The molecule has 0 spiro atoms. The fraction of sp³-hybridized carbons (Fsp3) is 1.00. The van der Waals surface area contributed by atoms with Crippen molar-refractivity contribution < 1.29 is 0 Å². The van der Waals surface area contributed by atoms with Gasteiger partial charge in [0, 0.05) is 12.6 Å². The Morgan fingerprint density at radius 2 is 2.12 bits per heavy atom. The molecule has 0 saturated carbocycles. The fourth-order valence-corrected chi connectivity index (χ4v) is 0.701. The number of nitrogens with one attached hydrogen (secondary N) is 1. The molecule has 49 valence electrons. The quantitative estimate of drug-likeness (QED) is 0.578. The van der Waals surface area contributed by atoms with Crippen molar-refractivity contribution in [3.63, 3.8) is 0 Å². The van der Waals surface area contributed by atoms with Gasteiger partial charge in [-0.15, -0.1) is 0 Å². The van der Waals surface area contributed by atoms with Gasteiger partial charge in [-0.1, -0.05) is 13.3 Å². The van der Waals surface area contributed by atoms with E-state index in [0.717, 1.165) is 19.3 Å². The fourth-order valence-electron chi connectivity index (χ4n) is 0.701. The third-order valence-corrected chi connectivity index (χ3v) is 1.17. The Morgan fingerprint density at radius 3 is 2.50 bits per heavy atom. The monoisotopic (exact) mass is 115 g/mol. The second-order valence-electron chi connectivity index (χ2n) is 2.09. The summed E-state index contributed by atoms with van der Waals surface area (Å²) in [4.78, 5) is 0. The predicted molar refractivity (Wildman–Crippen MR) is 35.5 cm³/mol. The first-order valence-corrected chi connectivity index (χ1v) is 3.21. The van der Waals surface area contributed by atoms with Crippen LogP contribution in [0.1, 0.15) is 26.2 Å². The van der Waals surface area contributed by atoms with Crippen molar-refractivity contribution in [2.75, 3.05) is 6.54 Å². The summed E-state index contributed by atoms with van der Waals surface area (Å²) in [6.45, 7) is 2.59. The highest BCUT2D eigenvalue weighted by Crippen LogP contribution is 1.95. The van der Waals surface area contributed by atoms with Crippen molar-refractivity contribution in [1.29, 1.82) is 0 Å². The van der Waals surface area contributed by atoms with Crippen LogP contribution in [0.4, 0.5) is 0 Å². The highest BCUT2D eigenvalue weighted by molar-refractivity contribution is 4.58. The second kappa shape index (κ2) is 5.06. The SMILES string of the molecule is CCCC(N)CC[NH]. The maximum atomic E-state index is 6.83. The lowest BCUT2D eigenvalue weighted by atomic mass is 10.1. The van der Waals surface area contributed by atoms with Crippen LogP contribution in [0.2, 0.25) is 0 Å². The Labute approximate surface area is 51.2 Å². The van der Waals surface area contributed by atoms with E-state index in [-0.39, 0.29) is 6.04 Å². The van der Waals surface area contributed by atoms with Crippen LogP contribution in [-0.2, 0) is 0 Å². The minimum absolute atomic E-state index is 0.275. The highest BCUT2D eigenvalue weighted by atomic mass is 14.6. The molecule has 8 heavy (non-hydrogen) atoms. The molecule has 2 heteroatoms. The van der Waals surface area contributed by atoms with Crippen molar-refractivity contribution in [3.05, 3.63) is 0 Å². The minimum atomic E-state index is 0.275. The summed E-state index contributed by atoms with van der Waals surface area (Å²) in [5.41, 5.74) is 12.4. The third kappa shape index (κ3) is 4.09. The Kier molecular flexibility index (Phi) is 5.01. The molecule has 3 N–H and O–H groups in total. The largest absolute Gasteiger partial charge is 0.328 e. The third-order valence-electron chi connectivity index (χ3n) is 1.17. The van der Waals surface area contributed by atoms with E-state index in [1.807, 2.05) is 0 Å². The lowest BCUT2D eigenvalue weighted by molar-refractivity contribution is 0.564. The Balaban J connectivity index is 2.92. The van der Waals surface area contributed by atoms with Crippen molar-refractivity contribution in [2.24, 2.45) is 5.73 Å². The first kappa shape index (κ1) is 7.92. The van der Waals surface area contributed by atoms with E-state index in [2.05, 4.69) is 6.92 Å². The van der Waals surface area contributed by atoms with Crippen LogP contribution in [0.25, 0.3) is 0 Å². The topological polar surface area (TPSA) is 49.8 Å². The molecule has 0 aliphatic rings. The molecule has 0 rings (SSSR count). The van der Waals surface area contributed by atoms with Crippen LogP contribution in [0, 0.1) is 0 Å². The molecule has 0 aliphatic heterocycles. The smallest absolute Gasteiger partial charge is 0.0114 e. The summed E-state index contributed by atoms with van der Waals surface area (Å²) in [6.07, 6.45) is 3.06. The van der Waals surface area contributed by atoms with Gasteiger partial charge in [0.1, 0.15) is 0 Å². The molecule has 1 radical (unpaired) electrons. The van der Waals surface area contributed by atoms with Gasteiger partial charge in [-0.3, -0.25) is 5.73 Å². The predicted octanol–water partition coefficient (Wildman–Crippen LogP) is 0.787. The van der Waals surface area contributed by atoms with Gasteiger partial charge in [0.15, 0.2) is 0 Å². The van der Waals surface area contributed by atoms with Crippen LogP contribution in [-0.4, -0.2) is 12.6 Å². The van der Waals surface area contributed by atoms with Gasteiger partial charge < -0.3 is 5.73 Å². The zero-order valence-electron chi connectivity index (χ0n) is 5.48. The molecule has 0 saturated heterocycles. The van der Waals surface area contributed by atoms with Crippen molar-refractivity contribution in [3.8, 4) is 0 Å². The number of hydrogen-bond donors (Lipinski definition) is 1. The normalized spacial score (nSPS) is 13.9. The molecule has 2 nitrogen and oxygen atoms in total. The van der Waals surface area contributed by atoms with Crippen LogP contribution in [0.15, 0.2) is 0 Å². The molecule has 1 unspecified atom stereocenters. The maximum Gasteiger partial charge on any atom is 0.0114 e. The maximum absolute atomic E-state index is 6.83. The van der Waals surface area contributed by atoms with Crippen molar-refractivity contribution in [1.82, 2.24) is 5.73 Å². The number of nitrogens with two attached hydrogens (primary N) is 1. The lowest BCUT2D eigenvalue weighted by Gasteiger charge is -2.05. The van der Waals surface area contributed by atoms with Gasteiger partial charge in [-0.25, -0.2) is 0 Å². The molecule has 0 aromatic rings. The Bertz CT molecular complexity index is 39.8. The molecule has 0 aliphatic carbocycles. The molecule has 1 atom stereocenters. The van der Waals surface area contributed by atoms with Crippen LogP contribution >= 0.6 is 0 Å². The van der Waals surface area contributed by atoms with Crippen LogP contribution < -0.4 is 11.5 Å². The molecule has 0 bridgehead atoms. The summed E-state index contributed by atoms with van der Waals surface area (Å²) in [7, 11) is 0. The van der Waals surface area contributed by atoms with Gasteiger partial charge in [0.05, 0.1) is 0 Å². The average molecular weight is 115 g/mol. The summed E-state index contributed by atoms with van der Waals surface area (Å²) in [5.74, 6) is 0. The molecular formula is C6H15N2. The van der Waals surface area contributed by atoms with E-state index >= 15 is 0 Å². The van der Waals surface area contributed by atoms with Crippen molar-refractivity contribution >= 4 is 0 Å². The molecular weight excluding hydrogens is 100 g/mol. The van der Waals surface area contributed by atoms with Gasteiger partial charge in [-0.05, 0) is 12.8 Å². The molecule has 0 aromatic carbocycles. The van der Waals surface area contributed by atoms with E-state index in [4.69, 9.17) is 11.5 Å². The summed E-state index contributed by atoms with van der Waals surface area (Å²) >= 11 is 0. The van der Waals surface area contributed by atoms with Gasteiger partial charge in [-0.2, -0.15) is 0 Å². The first-order chi connectivity index (χ1) is 3.81.